The SMILES string of the molecule is CCCCOc1ccc(C(=O)[C@H]2CC[C@@H](Cn3nnc4ccccc4c3=O)[C@@H]2C(=O)OCC[Si](C)(C)C)cc1. The van der Waals surface area contributed by atoms with Gasteiger partial charge in [-0.25, -0.2) is 4.68 Å². The molecule has 1 heterocycles. The van der Waals surface area contributed by atoms with E-state index in [1.807, 2.05) is 6.07 Å². The van der Waals surface area contributed by atoms with Crippen LogP contribution in [0.1, 0.15) is 43.0 Å². The predicted octanol–water partition coefficient (Wildman–Crippen LogP) is 5.38. The third-order valence-corrected chi connectivity index (χ3v) is 9.14. The molecule has 0 bridgehead atoms. The van der Waals surface area contributed by atoms with E-state index >= 15 is 0 Å². The summed E-state index contributed by atoms with van der Waals surface area (Å²) < 4.78 is 12.8. The van der Waals surface area contributed by atoms with Crippen LogP contribution in [-0.2, 0) is 16.1 Å². The Hall–Kier alpha value is -3.33. The van der Waals surface area contributed by atoms with Gasteiger partial charge in [-0.05, 0) is 67.6 Å². The van der Waals surface area contributed by atoms with E-state index < -0.39 is 19.9 Å². The fraction of sp³-hybridized carbons (Fsp3) is 0.500. The van der Waals surface area contributed by atoms with E-state index in [0.717, 1.165) is 24.6 Å². The average Bonchev–Trinajstić information content (AvgIpc) is 3.33. The number of rotatable bonds is 12. The molecule has 0 aliphatic heterocycles. The Balaban J connectivity index is 1.55. The summed E-state index contributed by atoms with van der Waals surface area (Å²) in [6, 6.07) is 15.1. The fourth-order valence-corrected chi connectivity index (χ4v) is 5.83. The zero-order valence-corrected chi connectivity index (χ0v) is 24.4. The first kappa shape index (κ1) is 28.7. The average molecular weight is 550 g/mol. The Morgan fingerprint density at radius 3 is 2.49 bits per heavy atom. The van der Waals surface area contributed by atoms with Gasteiger partial charge in [-0.1, -0.05) is 50.3 Å². The van der Waals surface area contributed by atoms with Crippen molar-refractivity contribution >= 4 is 30.7 Å². The standard InChI is InChI=1S/C30H39N3O5Si/c1-5-6-17-37-23-14-11-21(12-15-23)28(34)25-16-13-22(27(25)30(36)38-18-19-39(2,3)4)20-33-29(35)24-9-7-8-10-26(24)31-32-33/h7-12,14-15,22,25,27H,5-6,13,16-20H2,1-4H3/t22-,25-,27-/m0/s1. The number of hydrogen-bond donors (Lipinski definition) is 0. The van der Waals surface area contributed by atoms with E-state index in [1.165, 1.54) is 4.68 Å². The number of carbonyl (C=O) groups excluding carboxylic acids is 2. The van der Waals surface area contributed by atoms with E-state index in [2.05, 4.69) is 36.9 Å². The Bertz CT molecular complexity index is 1350. The summed E-state index contributed by atoms with van der Waals surface area (Å²) in [7, 11) is -1.40. The van der Waals surface area contributed by atoms with Crippen molar-refractivity contribution < 1.29 is 19.1 Å². The van der Waals surface area contributed by atoms with Gasteiger partial charge in [-0.2, -0.15) is 0 Å². The van der Waals surface area contributed by atoms with Crippen molar-refractivity contribution in [1.29, 1.82) is 0 Å². The lowest BCUT2D eigenvalue weighted by Gasteiger charge is -2.24. The van der Waals surface area contributed by atoms with Gasteiger partial charge in [0, 0.05) is 19.6 Å². The largest absolute Gasteiger partial charge is 0.494 e. The highest BCUT2D eigenvalue weighted by molar-refractivity contribution is 6.76. The lowest BCUT2D eigenvalue weighted by molar-refractivity contribution is -0.150. The Kier molecular flexibility index (Phi) is 9.32. The van der Waals surface area contributed by atoms with Crippen molar-refractivity contribution in [3.8, 4) is 5.75 Å². The topological polar surface area (TPSA) is 100 Å². The van der Waals surface area contributed by atoms with Gasteiger partial charge in [-0.3, -0.25) is 14.4 Å². The third kappa shape index (κ3) is 7.20. The van der Waals surface area contributed by atoms with Crippen LogP contribution in [0, 0.1) is 17.8 Å². The van der Waals surface area contributed by atoms with Gasteiger partial charge < -0.3 is 9.47 Å². The third-order valence-electron chi connectivity index (χ3n) is 7.44. The second-order valence-electron chi connectivity index (χ2n) is 11.6. The number of aromatic nitrogens is 3. The summed E-state index contributed by atoms with van der Waals surface area (Å²) in [5.74, 6) is -1.16. The van der Waals surface area contributed by atoms with Crippen molar-refractivity contribution in [2.24, 2.45) is 17.8 Å². The molecular weight excluding hydrogens is 510 g/mol. The molecule has 0 radical (unpaired) electrons. The number of hydrogen-bond acceptors (Lipinski definition) is 7. The molecule has 3 atom stereocenters. The molecule has 4 rings (SSSR count). The lowest BCUT2D eigenvalue weighted by atomic mass is 9.84. The number of ketones is 1. The highest BCUT2D eigenvalue weighted by Gasteiger charge is 2.46. The maximum atomic E-state index is 13.7. The van der Waals surface area contributed by atoms with Crippen LogP contribution in [0.25, 0.3) is 10.9 Å². The smallest absolute Gasteiger partial charge is 0.310 e. The van der Waals surface area contributed by atoms with Crippen LogP contribution in [-0.4, -0.2) is 48.0 Å². The summed E-state index contributed by atoms with van der Waals surface area (Å²) >= 11 is 0. The molecule has 3 aromatic rings. The van der Waals surface area contributed by atoms with E-state index in [-0.39, 0.29) is 29.8 Å². The second kappa shape index (κ2) is 12.7. The van der Waals surface area contributed by atoms with E-state index in [1.54, 1.807) is 42.5 Å². The highest BCUT2D eigenvalue weighted by atomic mass is 28.3. The molecule has 0 saturated heterocycles. The van der Waals surface area contributed by atoms with Gasteiger partial charge in [0.25, 0.3) is 5.56 Å². The highest BCUT2D eigenvalue weighted by Crippen LogP contribution is 2.41. The molecule has 1 fully saturated rings. The number of ether oxygens (including phenoxy) is 2. The van der Waals surface area contributed by atoms with Crippen LogP contribution < -0.4 is 10.3 Å². The van der Waals surface area contributed by atoms with Crippen molar-refractivity contribution in [3.63, 3.8) is 0 Å². The molecule has 1 aliphatic rings. The van der Waals surface area contributed by atoms with Crippen LogP contribution in [0.5, 0.6) is 5.75 Å². The van der Waals surface area contributed by atoms with E-state index in [0.29, 0.717) is 42.5 Å². The van der Waals surface area contributed by atoms with Crippen molar-refractivity contribution in [2.75, 3.05) is 13.2 Å². The molecule has 39 heavy (non-hydrogen) atoms. The van der Waals surface area contributed by atoms with Crippen LogP contribution in [0.3, 0.4) is 0 Å². The number of Topliss-reactive ketones (excluding diaryl/α,β-unsaturated/α-hetero) is 1. The first-order chi connectivity index (χ1) is 18.7. The van der Waals surface area contributed by atoms with Crippen LogP contribution in [0.2, 0.25) is 25.7 Å². The first-order valence-corrected chi connectivity index (χ1v) is 17.6. The molecule has 1 aliphatic carbocycles. The minimum absolute atomic E-state index is 0.0818. The van der Waals surface area contributed by atoms with Crippen molar-refractivity contribution in [2.45, 2.75) is 64.8 Å². The number of nitrogens with zero attached hydrogens (tertiary/aromatic N) is 3. The second-order valence-corrected chi connectivity index (χ2v) is 17.3. The molecule has 0 unspecified atom stereocenters. The van der Waals surface area contributed by atoms with Crippen molar-refractivity contribution in [3.05, 3.63) is 64.4 Å². The molecule has 208 valence electrons. The number of unbranched alkanes of at least 4 members (excludes halogenated alkanes) is 1. The van der Waals surface area contributed by atoms with Gasteiger partial charge >= 0.3 is 5.97 Å². The van der Waals surface area contributed by atoms with E-state index in [9.17, 15) is 14.4 Å². The minimum Gasteiger partial charge on any atom is -0.494 e. The molecule has 0 spiro atoms. The van der Waals surface area contributed by atoms with Gasteiger partial charge in [0.15, 0.2) is 5.78 Å². The van der Waals surface area contributed by atoms with Crippen LogP contribution in [0.15, 0.2) is 53.3 Å². The number of fused-ring (bicyclic) bond motifs is 1. The molecule has 0 N–H and O–H groups in total. The zero-order valence-electron chi connectivity index (χ0n) is 23.4. The van der Waals surface area contributed by atoms with Crippen LogP contribution >= 0.6 is 0 Å². The van der Waals surface area contributed by atoms with Gasteiger partial charge in [-0.15, -0.1) is 5.10 Å². The molecule has 1 saturated carbocycles. The van der Waals surface area contributed by atoms with Gasteiger partial charge in [0.05, 0.1) is 31.1 Å². The first-order valence-electron chi connectivity index (χ1n) is 13.9. The van der Waals surface area contributed by atoms with Gasteiger partial charge in [0.2, 0.25) is 0 Å². The summed E-state index contributed by atoms with van der Waals surface area (Å²) in [5.41, 5.74) is 0.827. The maximum absolute atomic E-state index is 13.7. The maximum Gasteiger partial charge on any atom is 0.310 e. The number of carbonyl (C=O) groups is 2. The summed E-state index contributed by atoms with van der Waals surface area (Å²) in [6.45, 7) is 9.98. The number of esters is 1. The summed E-state index contributed by atoms with van der Waals surface area (Å²) in [6.07, 6.45) is 3.17. The monoisotopic (exact) mass is 549 g/mol. The molecule has 2 aromatic carbocycles. The fourth-order valence-electron chi connectivity index (χ4n) is 5.12. The molecule has 1 aromatic heterocycles. The summed E-state index contributed by atoms with van der Waals surface area (Å²) in [4.78, 5) is 40.2. The predicted molar refractivity (Wildman–Crippen MR) is 154 cm³/mol. The summed E-state index contributed by atoms with van der Waals surface area (Å²) in [5, 5.41) is 8.81. The Labute approximate surface area is 230 Å². The van der Waals surface area contributed by atoms with Crippen molar-refractivity contribution in [1.82, 2.24) is 15.0 Å². The zero-order chi connectivity index (χ0) is 28.0. The van der Waals surface area contributed by atoms with Crippen LogP contribution in [0.4, 0.5) is 0 Å². The van der Waals surface area contributed by atoms with E-state index in [4.69, 9.17) is 9.47 Å². The Morgan fingerprint density at radius 2 is 1.77 bits per heavy atom. The molecule has 8 nitrogen and oxygen atoms in total. The molecular formula is C30H39N3O5Si. The molecule has 0 amide bonds. The number of benzene rings is 2. The molecule has 9 heteroatoms. The normalized spacial score (nSPS) is 19.2. The quantitative estimate of drug-likeness (QED) is 0.129. The Morgan fingerprint density at radius 1 is 1.03 bits per heavy atom. The van der Waals surface area contributed by atoms with Gasteiger partial charge in [0.1, 0.15) is 11.3 Å². The minimum atomic E-state index is -1.40. The lowest BCUT2D eigenvalue weighted by Crippen LogP contribution is -2.36.